The van der Waals surface area contributed by atoms with Crippen molar-refractivity contribution in [3.05, 3.63) is 26.3 Å². The van der Waals surface area contributed by atoms with E-state index in [4.69, 9.17) is 17.3 Å². The van der Waals surface area contributed by atoms with E-state index in [0.717, 1.165) is 6.07 Å². The fraction of sp³-hybridized carbons (Fsp3) is 0.143. The van der Waals surface area contributed by atoms with E-state index in [-0.39, 0.29) is 14.3 Å². The predicted octanol–water partition coefficient (Wildman–Crippen LogP) is 3.55. The van der Waals surface area contributed by atoms with Gasteiger partial charge in [0.05, 0.1) is 14.2 Å². The van der Waals surface area contributed by atoms with Crippen LogP contribution in [0.5, 0.6) is 0 Å². The number of benzene rings is 1. The first-order valence-corrected chi connectivity index (χ1v) is 4.60. The van der Waals surface area contributed by atoms with Crippen molar-refractivity contribution in [3.63, 3.8) is 0 Å². The third kappa shape index (κ3) is 2.19. The summed E-state index contributed by atoms with van der Waals surface area (Å²) in [5.74, 6) is 0. The first-order chi connectivity index (χ1) is 5.84. The summed E-state index contributed by atoms with van der Waals surface area (Å²) in [5, 5.41) is -0.340. The molecule has 1 aromatic rings. The van der Waals surface area contributed by atoms with Gasteiger partial charge in [0.2, 0.25) is 0 Å². The zero-order valence-corrected chi connectivity index (χ0v) is 9.04. The van der Waals surface area contributed by atoms with Crippen LogP contribution in [0.2, 0.25) is 5.02 Å². The van der Waals surface area contributed by atoms with Crippen molar-refractivity contribution in [1.82, 2.24) is 0 Å². The lowest BCUT2D eigenvalue weighted by atomic mass is 10.2. The van der Waals surface area contributed by atoms with Crippen LogP contribution in [0.25, 0.3) is 0 Å². The monoisotopic (exact) mass is 321 g/mol. The Morgan fingerprint density at radius 3 is 2.31 bits per heavy atom. The van der Waals surface area contributed by atoms with Crippen LogP contribution < -0.4 is 5.73 Å². The standard InChI is InChI=1S/C7H4ClF3IN/c8-5-3(7(9,10)11)1-2-4(13)6(5)12/h1-2H,13H2. The molecule has 0 amide bonds. The summed E-state index contributed by atoms with van der Waals surface area (Å²) in [4.78, 5) is 0. The second-order valence-electron chi connectivity index (χ2n) is 2.33. The van der Waals surface area contributed by atoms with Gasteiger partial charge in [-0.25, -0.2) is 0 Å². The Bertz CT molecular complexity index is 337. The molecule has 0 heterocycles. The van der Waals surface area contributed by atoms with Crippen LogP contribution in [0.4, 0.5) is 18.9 Å². The molecule has 72 valence electrons. The van der Waals surface area contributed by atoms with Crippen LogP contribution >= 0.6 is 34.2 Å². The molecule has 1 nitrogen and oxygen atoms in total. The van der Waals surface area contributed by atoms with E-state index in [2.05, 4.69) is 0 Å². The number of nitrogens with two attached hydrogens (primary N) is 1. The number of hydrogen-bond donors (Lipinski definition) is 1. The van der Waals surface area contributed by atoms with Crippen molar-refractivity contribution in [1.29, 1.82) is 0 Å². The average molecular weight is 321 g/mol. The van der Waals surface area contributed by atoms with Crippen molar-refractivity contribution in [2.75, 3.05) is 5.73 Å². The van der Waals surface area contributed by atoms with Gasteiger partial charge in [0.1, 0.15) is 0 Å². The van der Waals surface area contributed by atoms with Gasteiger partial charge in [-0.15, -0.1) is 0 Å². The van der Waals surface area contributed by atoms with E-state index in [1.165, 1.54) is 6.07 Å². The normalized spacial score (nSPS) is 11.8. The Morgan fingerprint density at radius 1 is 1.31 bits per heavy atom. The molecule has 0 aliphatic rings. The lowest BCUT2D eigenvalue weighted by Gasteiger charge is -2.10. The Labute approximate surface area is 91.2 Å². The quantitative estimate of drug-likeness (QED) is 0.574. The van der Waals surface area contributed by atoms with Crippen molar-refractivity contribution < 1.29 is 13.2 Å². The summed E-state index contributed by atoms with van der Waals surface area (Å²) < 4.78 is 36.9. The van der Waals surface area contributed by atoms with E-state index < -0.39 is 11.7 Å². The van der Waals surface area contributed by atoms with Gasteiger partial charge in [0, 0.05) is 5.69 Å². The van der Waals surface area contributed by atoms with Gasteiger partial charge in [0.25, 0.3) is 0 Å². The summed E-state index contributed by atoms with van der Waals surface area (Å²) >= 11 is 7.15. The highest BCUT2D eigenvalue weighted by Crippen LogP contribution is 2.38. The summed E-state index contributed by atoms with van der Waals surface area (Å²) in [6.07, 6.45) is -4.43. The summed E-state index contributed by atoms with van der Waals surface area (Å²) in [6.45, 7) is 0. The fourth-order valence-corrected chi connectivity index (χ4v) is 1.53. The molecule has 0 fully saturated rings. The Balaban J connectivity index is 3.35. The highest BCUT2D eigenvalue weighted by atomic mass is 127. The molecule has 0 bridgehead atoms. The second kappa shape index (κ2) is 3.53. The maximum absolute atomic E-state index is 12.2. The first-order valence-electron chi connectivity index (χ1n) is 3.14. The molecular weight excluding hydrogens is 317 g/mol. The summed E-state index contributed by atoms with van der Waals surface area (Å²) in [6, 6.07) is 2.07. The zero-order chi connectivity index (χ0) is 10.2. The van der Waals surface area contributed by atoms with Gasteiger partial charge in [-0.3, -0.25) is 0 Å². The molecule has 0 saturated carbocycles. The molecule has 1 rings (SSSR count). The number of alkyl halides is 3. The molecule has 0 saturated heterocycles. The first kappa shape index (κ1) is 10.9. The second-order valence-corrected chi connectivity index (χ2v) is 3.78. The highest BCUT2D eigenvalue weighted by Gasteiger charge is 2.34. The molecule has 1 aromatic carbocycles. The molecule has 0 aliphatic carbocycles. The number of nitrogen functional groups attached to an aromatic ring is 1. The van der Waals surface area contributed by atoms with E-state index >= 15 is 0 Å². The van der Waals surface area contributed by atoms with Crippen molar-refractivity contribution in [2.24, 2.45) is 0 Å². The maximum atomic E-state index is 12.2. The molecule has 13 heavy (non-hydrogen) atoms. The zero-order valence-electron chi connectivity index (χ0n) is 6.12. The Kier molecular flexibility index (Phi) is 2.96. The molecule has 6 heteroatoms. The number of halogens is 5. The van der Waals surface area contributed by atoms with Crippen molar-refractivity contribution in [3.8, 4) is 0 Å². The smallest absolute Gasteiger partial charge is 0.398 e. The van der Waals surface area contributed by atoms with Crippen LogP contribution in [0.3, 0.4) is 0 Å². The number of anilines is 1. The molecular formula is C7H4ClF3IN. The molecule has 2 N–H and O–H groups in total. The van der Waals surface area contributed by atoms with Gasteiger partial charge in [-0.2, -0.15) is 13.2 Å². The molecule has 0 aliphatic heterocycles. The summed E-state index contributed by atoms with van der Waals surface area (Å²) in [5.41, 5.74) is 4.77. The highest BCUT2D eigenvalue weighted by molar-refractivity contribution is 14.1. The lowest BCUT2D eigenvalue weighted by Crippen LogP contribution is -2.07. The van der Waals surface area contributed by atoms with Crippen LogP contribution in [0.15, 0.2) is 12.1 Å². The van der Waals surface area contributed by atoms with Gasteiger partial charge < -0.3 is 5.73 Å². The number of hydrogen-bond acceptors (Lipinski definition) is 1. The molecule has 0 spiro atoms. The Hall–Kier alpha value is -0.170. The van der Waals surface area contributed by atoms with E-state index in [0.29, 0.717) is 0 Å². The molecule has 0 unspecified atom stereocenters. The third-order valence-corrected chi connectivity index (χ3v) is 3.29. The van der Waals surface area contributed by atoms with Gasteiger partial charge in [-0.05, 0) is 34.7 Å². The number of rotatable bonds is 0. The minimum absolute atomic E-state index is 0.231. The molecule has 0 radical (unpaired) electrons. The van der Waals surface area contributed by atoms with Crippen LogP contribution in [0.1, 0.15) is 5.56 Å². The van der Waals surface area contributed by atoms with E-state index in [1.807, 2.05) is 0 Å². The van der Waals surface area contributed by atoms with Crippen molar-refractivity contribution >= 4 is 39.9 Å². The van der Waals surface area contributed by atoms with Crippen LogP contribution in [-0.2, 0) is 6.18 Å². The summed E-state index contributed by atoms with van der Waals surface area (Å²) in [7, 11) is 0. The lowest BCUT2D eigenvalue weighted by molar-refractivity contribution is -0.137. The minimum Gasteiger partial charge on any atom is -0.398 e. The van der Waals surface area contributed by atoms with E-state index in [9.17, 15) is 13.2 Å². The fourth-order valence-electron chi connectivity index (χ4n) is 0.783. The minimum atomic E-state index is -4.43. The SMILES string of the molecule is Nc1ccc(C(F)(F)F)c(Cl)c1I. The maximum Gasteiger partial charge on any atom is 0.417 e. The van der Waals surface area contributed by atoms with Crippen LogP contribution in [-0.4, -0.2) is 0 Å². The largest absolute Gasteiger partial charge is 0.417 e. The molecule has 0 aromatic heterocycles. The third-order valence-electron chi connectivity index (χ3n) is 1.42. The van der Waals surface area contributed by atoms with Crippen LogP contribution in [0, 0.1) is 3.57 Å². The Morgan fingerprint density at radius 2 is 1.85 bits per heavy atom. The predicted molar refractivity (Wildman–Crippen MR) is 53.6 cm³/mol. The van der Waals surface area contributed by atoms with Gasteiger partial charge >= 0.3 is 6.18 Å². The van der Waals surface area contributed by atoms with Crippen molar-refractivity contribution in [2.45, 2.75) is 6.18 Å². The van der Waals surface area contributed by atoms with E-state index in [1.54, 1.807) is 22.6 Å². The van der Waals surface area contributed by atoms with Gasteiger partial charge in [-0.1, -0.05) is 11.6 Å². The molecule has 0 atom stereocenters. The van der Waals surface area contributed by atoms with Gasteiger partial charge in [0.15, 0.2) is 0 Å². The topological polar surface area (TPSA) is 26.0 Å². The average Bonchev–Trinajstić information content (AvgIpc) is 1.98.